The van der Waals surface area contributed by atoms with Gasteiger partial charge in [-0.3, -0.25) is 9.36 Å². The maximum atomic E-state index is 14.0. The summed E-state index contributed by atoms with van der Waals surface area (Å²) in [6.07, 6.45) is 4.69. The Morgan fingerprint density at radius 3 is 2.33 bits per heavy atom. The number of nitrogens with one attached hydrogen (secondary N) is 1. The van der Waals surface area contributed by atoms with E-state index in [0.717, 1.165) is 24.3 Å². The lowest BCUT2D eigenvalue weighted by Crippen LogP contribution is -2.53. The Morgan fingerprint density at radius 1 is 1.17 bits per heavy atom. The van der Waals surface area contributed by atoms with E-state index in [1.807, 2.05) is 6.92 Å². The number of halogens is 2. The number of alkyl halides is 2. The number of aromatic nitrogens is 2. The molecule has 0 saturated heterocycles. The fourth-order valence-electron chi connectivity index (χ4n) is 3.41. The van der Waals surface area contributed by atoms with E-state index in [1.165, 1.54) is 52.7 Å². The van der Waals surface area contributed by atoms with Crippen LogP contribution in [-0.4, -0.2) is 46.4 Å². The molecule has 0 fully saturated rings. The van der Waals surface area contributed by atoms with Crippen LogP contribution in [0.5, 0.6) is 0 Å². The van der Waals surface area contributed by atoms with Crippen molar-refractivity contribution >= 4 is 23.5 Å². The molecule has 0 radical (unpaired) electrons. The second-order valence-electron chi connectivity index (χ2n) is 7.88. The van der Waals surface area contributed by atoms with Gasteiger partial charge in [0.1, 0.15) is 12.4 Å². The first kappa shape index (κ1) is 27.6. The van der Waals surface area contributed by atoms with Crippen molar-refractivity contribution in [3.05, 3.63) is 84.4 Å². The van der Waals surface area contributed by atoms with Crippen molar-refractivity contribution in [2.75, 3.05) is 11.6 Å². The molecule has 194 valence electrons. The number of imidazole rings is 1. The molecule has 0 aliphatic heterocycles. The summed E-state index contributed by atoms with van der Waals surface area (Å²) in [7, 11) is -9.89. The Hall–Kier alpha value is -2.96. The van der Waals surface area contributed by atoms with Crippen LogP contribution >= 0.6 is 7.60 Å². The Morgan fingerprint density at radius 2 is 1.81 bits per heavy atom. The minimum atomic E-state index is -5.75. The molecule has 0 spiro atoms. The van der Waals surface area contributed by atoms with Crippen LogP contribution in [-0.2, 0) is 31.5 Å². The predicted molar refractivity (Wildman–Crippen MR) is 127 cm³/mol. The van der Waals surface area contributed by atoms with Crippen molar-refractivity contribution in [3.63, 3.8) is 0 Å². The van der Waals surface area contributed by atoms with Crippen LogP contribution in [0.4, 0.5) is 8.78 Å². The molecular weight excluding hydrogens is 517 g/mol. The van der Waals surface area contributed by atoms with Crippen LogP contribution in [0.3, 0.4) is 0 Å². The van der Waals surface area contributed by atoms with E-state index in [4.69, 9.17) is 9.79 Å². The van der Waals surface area contributed by atoms with E-state index >= 15 is 0 Å². The van der Waals surface area contributed by atoms with Crippen molar-refractivity contribution in [1.29, 1.82) is 0 Å². The first-order valence-electron chi connectivity index (χ1n) is 10.8. The maximum absolute atomic E-state index is 14.0. The minimum Gasteiger partial charge on any atom is -0.320 e. The number of hydrogen-bond acceptors (Lipinski definition) is 5. The van der Waals surface area contributed by atoms with Crippen LogP contribution < -0.4 is 9.73 Å². The summed E-state index contributed by atoms with van der Waals surface area (Å²) in [5.74, 6) is -0.612. The zero-order valence-electron chi connectivity index (χ0n) is 19.1. The van der Waals surface area contributed by atoms with Gasteiger partial charge in [0, 0.05) is 24.5 Å². The first-order chi connectivity index (χ1) is 16.9. The van der Waals surface area contributed by atoms with Crippen molar-refractivity contribution in [2.45, 2.75) is 36.4 Å². The molecule has 3 N–H and O–H groups in total. The normalized spacial score (nSPS) is 13.4. The zero-order chi connectivity index (χ0) is 26.6. The molecule has 10 nitrogen and oxygen atoms in total. The fraction of sp³-hybridized carbons (Fsp3) is 0.273. The molecule has 2 aromatic carbocycles. The maximum Gasteiger partial charge on any atom is 0.399 e. The standard InChI is InChI=1S/C22H25F2N4O6PS/c1-2-13-28(27-14-12-25-16-27)21(29)20(26-36(33,34)19-6-4-3-5-7-19)15-17-8-10-18(11-9-17)22(23,24)35(30,31)32/h3-12,14,16,20,26H,2,13,15H2,1H3,(H2,30,31,32). The molecule has 0 saturated carbocycles. The molecule has 3 aromatic rings. The van der Waals surface area contributed by atoms with E-state index in [1.54, 1.807) is 6.07 Å². The van der Waals surface area contributed by atoms with E-state index in [2.05, 4.69) is 9.71 Å². The smallest absolute Gasteiger partial charge is 0.320 e. The van der Waals surface area contributed by atoms with Crippen LogP contribution in [0.15, 0.2) is 78.2 Å². The number of carbonyl (C=O) groups is 1. The average molecular weight is 543 g/mol. The van der Waals surface area contributed by atoms with E-state index < -0.39 is 40.8 Å². The summed E-state index contributed by atoms with van der Waals surface area (Å²) in [4.78, 5) is 35.3. The number of benzene rings is 2. The SMILES string of the molecule is CCCN(C(=O)C(Cc1ccc(C(F)(F)P(=O)(O)O)cc1)NS(=O)(=O)c1ccccc1)n1ccnc1. The largest absolute Gasteiger partial charge is 0.399 e. The summed E-state index contributed by atoms with van der Waals surface area (Å²) in [6, 6.07) is 10.1. The third-order valence-electron chi connectivity index (χ3n) is 5.21. The Kier molecular flexibility index (Phi) is 8.42. The van der Waals surface area contributed by atoms with Gasteiger partial charge < -0.3 is 9.79 Å². The van der Waals surface area contributed by atoms with Crippen molar-refractivity contribution in [2.24, 2.45) is 0 Å². The molecule has 0 aliphatic carbocycles. The Balaban J connectivity index is 1.95. The third-order valence-corrected chi connectivity index (χ3v) is 7.69. The lowest BCUT2D eigenvalue weighted by molar-refractivity contribution is -0.121. The first-order valence-corrected chi connectivity index (χ1v) is 13.9. The second kappa shape index (κ2) is 11.0. The van der Waals surface area contributed by atoms with Crippen LogP contribution in [0.25, 0.3) is 0 Å². The fourth-order valence-corrected chi connectivity index (χ4v) is 5.10. The highest BCUT2D eigenvalue weighted by Crippen LogP contribution is 2.59. The number of sulfonamides is 1. The van der Waals surface area contributed by atoms with Crippen LogP contribution in [0.2, 0.25) is 0 Å². The quantitative estimate of drug-likeness (QED) is 0.316. The van der Waals surface area contributed by atoms with Crippen LogP contribution in [0, 0.1) is 0 Å². The highest BCUT2D eigenvalue weighted by atomic mass is 32.2. The summed E-state index contributed by atoms with van der Waals surface area (Å²) in [5.41, 5.74) is -5.01. The number of amides is 1. The van der Waals surface area contributed by atoms with Crippen molar-refractivity contribution < 1.29 is 36.3 Å². The Labute approximate surface area is 206 Å². The topological polar surface area (TPSA) is 142 Å². The number of nitrogens with zero attached hydrogens (tertiary/aromatic N) is 3. The molecule has 1 atom stereocenters. The van der Waals surface area contributed by atoms with Crippen LogP contribution in [0.1, 0.15) is 24.5 Å². The zero-order valence-corrected chi connectivity index (χ0v) is 20.8. The molecule has 1 heterocycles. The van der Waals surface area contributed by atoms with Gasteiger partial charge in [-0.15, -0.1) is 0 Å². The molecule has 1 aromatic heterocycles. The number of carbonyl (C=O) groups excluding carboxylic acids is 1. The lowest BCUT2D eigenvalue weighted by Gasteiger charge is -2.28. The van der Waals surface area contributed by atoms with E-state index in [-0.39, 0.29) is 23.4 Å². The highest BCUT2D eigenvalue weighted by molar-refractivity contribution is 7.89. The summed E-state index contributed by atoms with van der Waals surface area (Å²) in [6.45, 7) is 2.08. The molecule has 3 rings (SSSR count). The lowest BCUT2D eigenvalue weighted by atomic mass is 10.0. The molecule has 0 bridgehead atoms. The molecule has 36 heavy (non-hydrogen) atoms. The van der Waals surface area contributed by atoms with Gasteiger partial charge in [-0.1, -0.05) is 49.4 Å². The van der Waals surface area contributed by atoms with E-state index in [0.29, 0.717) is 6.42 Å². The van der Waals surface area contributed by atoms with E-state index in [9.17, 15) is 26.6 Å². The van der Waals surface area contributed by atoms with Gasteiger partial charge in [-0.05, 0) is 30.5 Å². The van der Waals surface area contributed by atoms with Gasteiger partial charge >= 0.3 is 13.3 Å². The van der Waals surface area contributed by atoms with Gasteiger partial charge in [0.25, 0.3) is 5.91 Å². The Bertz CT molecular complexity index is 1320. The molecule has 1 amide bonds. The van der Waals surface area contributed by atoms with Gasteiger partial charge in [-0.2, -0.15) is 13.5 Å². The highest BCUT2D eigenvalue weighted by Gasteiger charge is 2.50. The summed E-state index contributed by atoms with van der Waals surface area (Å²) >= 11 is 0. The average Bonchev–Trinajstić information content (AvgIpc) is 3.36. The number of hydrogen-bond donors (Lipinski definition) is 3. The number of rotatable bonds is 11. The monoisotopic (exact) mass is 542 g/mol. The molecule has 0 aliphatic rings. The van der Waals surface area contributed by atoms with Gasteiger partial charge in [0.15, 0.2) is 0 Å². The second-order valence-corrected chi connectivity index (χ2v) is 11.2. The summed E-state index contributed by atoms with van der Waals surface area (Å²) in [5, 5.41) is 1.31. The third kappa shape index (κ3) is 6.23. The van der Waals surface area contributed by atoms with Crippen molar-refractivity contribution in [1.82, 2.24) is 14.4 Å². The van der Waals surface area contributed by atoms with Gasteiger partial charge in [0.05, 0.1) is 4.90 Å². The molecular formula is C22H25F2N4O6PS. The minimum absolute atomic E-state index is 0.0656. The van der Waals surface area contributed by atoms with Crippen molar-refractivity contribution in [3.8, 4) is 0 Å². The molecule has 14 heteroatoms. The predicted octanol–water partition coefficient (Wildman–Crippen LogP) is 2.57. The van der Waals surface area contributed by atoms with Gasteiger partial charge in [0.2, 0.25) is 10.0 Å². The molecule has 1 unspecified atom stereocenters. The van der Waals surface area contributed by atoms with Gasteiger partial charge in [-0.25, -0.2) is 23.1 Å². The summed E-state index contributed by atoms with van der Waals surface area (Å²) < 4.78 is 69.0.